The van der Waals surface area contributed by atoms with E-state index in [-0.39, 0.29) is 12.1 Å². The molecule has 1 amide bonds. The minimum atomic E-state index is -1.09. The first-order chi connectivity index (χ1) is 13.2. The monoisotopic (exact) mass is 409 g/mol. The molecule has 0 aliphatic rings. The second kappa shape index (κ2) is 9.59. The summed E-state index contributed by atoms with van der Waals surface area (Å²) in [7, 11) is 0. The lowest BCUT2D eigenvalue weighted by Crippen LogP contribution is -2.30. The number of amides is 1. The maximum absolute atomic E-state index is 13.2. The summed E-state index contributed by atoms with van der Waals surface area (Å²) >= 11 is 1.44. The van der Waals surface area contributed by atoms with Gasteiger partial charge in [0.25, 0.3) is 5.91 Å². The van der Waals surface area contributed by atoms with Gasteiger partial charge in [0.1, 0.15) is 0 Å². The summed E-state index contributed by atoms with van der Waals surface area (Å²) in [5, 5.41) is 3.04. The van der Waals surface area contributed by atoms with Crippen LogP contribution in [0.25, 0.3) is 0 Å². The molecule has 2 aromatic rings. The highest BCUT2D eigenvalue weighted by molar-refractivity contribution is 7.98. The molecule has 9 heteroatoms. The number of aromatic nitrogens is 2. The van der Waals surface area contributed by atoms with Crippen molar-refractivity contribution in [3.05, 3.63) is 46.8 Å². The summed E-state index contributed by atoms with van der Waals surface area (Å²) < 4.78 is 31.2. The van der Waals surface area contributed by atoms with E-state index < -0.39 is 29.6 Å². The van der Waals surface area contributed by atoms with E-state index in [0.29, 0.717) is 11.6 Å². The number of ether oxygens (including phenoxy) is 1. The number of halogens is 2. The van der Waals surface area contributed by atoms with Crippen molar-refractivity contribution in [1.29, 1.82) is 0 Å². The Balaban J connectivity index is 1.90. The molecule has 2 rings (SSSR count). The first-order valence-corrected chi connectivity index (χ1v) is 9.77. The molecular weight excluding hydrogens is 388 g/mol. The largest absolute Gasteiger partial charge is 0.453 e. The number of anilines is 1. The summed E-state index contributed by atoms with van der Waals surface area (Å²) in [6.45, 7) is 5.11. The zero-order chi connectivity index (χ0) is 20.8. The van der Waals surface area contributed by atoms with E-state index in [1.54, 1.807) is 0 Å². The molecule has 1 aromatic carbocycles. The van der Waals surface area contributed by atoms with Gasteiger partial charge in [0.2, 0.25) is 0 Å². The third-order valence-electron chi connectivity index (χ3n) is 4.03. The predicted octanol–water partition coefficient (Wildman–Crippen LogP) is 3.60. The number of esters is 1. The van der Waals surface area contributed by atoms with Gasteiger partial charge in [-0.2, -0.15) is 0 Å². The van der Waals surface area contributed by atoms with Crippen LogP contribution in [0.5, 0.6) is 0 Å². The van der Waals surface area contributed by atoms with Crippen LogP contribution in [-0.2, 0) is 20.7 Å². The SMILES string of the molecule is CSc1nc(C)c(CCC(=O)O[C@H](C)C(=O)Nc2ccc(F)c(F)c2)c(C)n1. The first-order valence-electron chi connectivity index (χ1n) is 8.54. The van der Waals surface area contributed by atoms with Gasteiger partial charge in [-0.25, -0.2) is 18.7 Å². The summed E-state index contributed by atoms with van der Waals surface area (Å²) in [6, 6.07) is 2.97. The number of benzene rings is 1. The number of nitrogens with one attached hydrogen (secondary N) is 1. The molecule has 150 valence electrons. The van der Waals surface area contributed by atoms with E-state index in [2.05, 4.69) is 15.3 Å². The Bertz CT molecular complexity index is 870. The normalized spacial score (nSPS) is 11.8. The molecule has 1 N–H and O–H groups in total. The zero-order valence-electron chi connectivity index (χ0n) is 16.0. The molecule has 0 aliphatic heterocycles. The van der Waals surface area contributed by atoms with Crippen LogP contribution in [0, 0.1) is 25.5 Å². The highest BCUT2D eigenvalue weighted by atomic mass is 32.2. The van der Waals surface area contributed by atoms with Gasteiger partial charge in [0.15, 0.2) is 22.9 Å². The van der Waals surface area contributed by atoms with Crippen LogP contribution in [0.2, 0.25) is 0 Å². The number of carbonyl (C=O) groups excluding carboxylic acids is 2. The van der Waals surface area contributed by atoms with E-state index in [9.17, 15) is 18.4 Å². The van der Waals surface area contributed by atoms with Gasteiger partial charge in [0, 0.05) is 29.6 Å². The predicted molar refractivity (Wildman–Crippen MR) is 102 cm³/mol. The van der Waals surface area contributed by atoms with Crippen molar-refractivity contribution in [3.8, 4) is 0 Å². The minimum Gasteiger partial charge on any atom is -0.453 e. The molecule has 0 saturated carbocycles. The standard InChI is InChI=1S/C19H21F2N3O3S/c1-10-14(11(2)23-19(22-10)28-4)6-8-17(25)27-12(3)18(26)24-13-5-7-15(20)16(21)9-13/h5,7,9,12H,6,8H2,1-4H3,(H,24,26)/t12-/m1/s1. The molecule has 1 aromatic heterocycles. The Morgan fingerprint density at radius 1 is 1.18 bits per heavy atom. The highest BCUT2D eigenvalue weighted by Crippen LogP contribution is 2.18. The van der Waals surface area contributed by atoms with E-state index in [1.165, 1.54) is 24.8 Å². The molecule has 0 aliphatic carbocycles. The quantitative estimate of drug-likeness (QED) is 0.428. The first kappa shape index (κ1) is 21.7. The average Bonchev–Trinajstić information content (AvgIpc) is 2.63. The fourth-order valence-electron chi connectivity index (χ4n) is 2.52. The number of hydrogen-bond acceptors (Lipinski definition) is 6. The summed E-state index contributed by atoms with van der Waals surface area (Å²) in [6.07, 6.45) is 1.26. The molecule has 1 heterocycles. The number of hydrogen-bond donors (Lipinski definition) is 1. The molecule has 0 fully saturated rings. The van der Waals surface area contributed by atoms with E-state index in [1.807, 2.05) is 20.1 Å². The molecule has 0 radical (unpaired) electrons. The van der Waals surface area contributed by atoms with E-state index >= 15 is 0 Å². The number of aryl methyl sites for hydroxylation is 2. The molecule has 0 saturated heterocycles. The smallest absolute Gasteiger partial charge is 0.306 e. The van der Waals surface area contributed by atoms with Gasteiger partial charge < -0.3 is 10.1 Å². The van der Waals surface area contributed by atoms with Gasteiger partial charge in [-0.3, -0.25) is 9.59 Å². The Morgan fingerprint density at radius 3 is 2.39 bits per heavy atom. The van der Waals surface area contributed by atoms with Crippen LogP contribution in [0.3, 0.4) is 0 Å². The van der Waals surface area contributed by atoms with Crippen LogP contribution >= 0.6 is 11.8 Å². The van der Waals surface area contributed by atoms with E-state index in [0.717, 1.165) is 29.1 Å². The van der Waals surface area contributed by atoms with Crippen LogP contribution in [0.4, 0.5) is 14.5 Å². The Morgan fingerprint density at radius 2 is 1.82 bits per heavy atom. The van der Waals surface area contributed by atoms with Gasteiger partial charge in [-0.05, 0) is 51.1 Å². The van der Waals surface area contributed by atoms with Gasteiger partial charge >= 0.3 is 5.97 Å². The lowest BCUT2D eigenvalue weighted by atomic mass is 10.1. The van der Waals surface area contributed by atoms with Gasteiger partial charge in [-0.1, -0.05) is 11.8 Å². The fourth-order valence-corrected chi connectivity index (χ4v) is 2.97. The molecule has 0 bridgehead atoms. The third kappa shape index (κ3) is 5.72. The highest BCUT2D eigenvalue weighted by Gasteiger charge is 2.19. The minimum absolute atomic E-state index is 0.0620. The molecule has 28 heavy (non-hydrogen) atoms. The molecule has 1 atom stereocenters. The second-order valence-electron chi connectivity index (χ2n) is 6.11. The van der Waals surface area contributed by atoms with Crippen LogP contribution in [-0.4, -0.2) is 34.2 Å². The van der Waals surface area contributed by atoms with Crippen molar-refractivity contribution in [2.45, 2.75) is 44.9 Å². The number of nitrogens with zero attached hydrogens (tertiary/aromatic N) is 2. The van der Waals surface area contributed by atoms with Crippen molar-refractivity contribution >= 4 is 29.3 Å². The van der Waals surface area contributed by atoms with Gasteiger partial charge in [0.05, 0.1) is 0 Å². The van der Waals surface area contributed by atoms with Crippen molar-refractivity contribution in [1.82, 2.24) is 9.97 Å². The van der Waals surface area contributed by atoms with Crippen molar-refractivity contribution in [2.24, 2.45) is 0 Å². The van der Waals surface area contributed by atoms with Crippen LogP contribution in [0.1, 0.15) is 30.3 Å². The van der Waals surface area contributed by atoms with E-state index in [4.69, 9.17) is 4.74 Å². The summed E-state index contributed by atoms with van der Waals surface area (Å²) in [5.74, 6) is -3.29. The Hall–Kier alpha value is -2.55. The Labute approximate surface area is 166 Å². The maximum atomic E-state index is 13.2. The fraction of sp³-hybridized carbons (Fsp3) is 0.368. The zero-order valence-corrected chi connectivity index (χ0v) is 16.8. The second-order valence-corrected chi connectivity index (χ2v) is 6.88. The van der Waals surface area contributed by atoms with Crippen molar-refractivity contribution in [2.75, 3.05) is 11.6 Å². The average molecular weight is 409 g/mol. The van der Waals surface area contributed by atoms with Gasteiger partial charge in [-0.15, -0.1) is 0 Å². The molecular formula is C19H21F2N3O3S. The summed E-state index contributed by atoms with van der Waals surface area (Å²) in [5.41, 5.74) is 2.54. The molecule has 6 nitrogen and oxygen atoms in total. The molecule has 0 spiro atoms. The van der Waals surface area contributed by atoms with Crippen LogP contribution in [0.15, 0.2) is 23.4 Å². The number of rotatable bonds is 7. The number of carbonyl (C=O) groups is 2. The number of thioether (sulfide) groups is 1. The lowest BCUT2D eigenvalue weighted by molar-refractivity contribution is -0.153. The van der Waals surface area contributed by atoms with Crippen molar-refractivity contribution < 1.29 is 23.1 Å². The third-order valence-corrected chi connectivity index (χ3v) is 4.57. The lowest BCUT2D eigenvalue weighted by Gasteiger charge is -2.14. The van der Waals surface area contributed by atoms with Crippen LogP contribution < -0.4 is 5.32 Å². The summed E-state index contributed by atoms with van der Waals surface area (Å²) in [4.78, 5) is 32.9. The topological polar surface area (TPSA) is 81.2 Å². The molecule has 0 unspecified atom stereocenters. The Kier molecular flexibility index (Phi) is 7.45. The van der Waals surface area contributed by atoms with Crippen molar-refractivity contribution in [3.63, 3.8) is 0 Å². The maximum Gasteiger partial charge on any atom is 0.306 e.